The van der Waals surface area contributed by atoms with Gasteiger partial charge < -0.3 is 14.8 Å². The zero-order valence-corrected chi connectivity index (χ0v) is 15.9. The van der Waals surface area contributed by atoms with Gasteiger partial charge in [0, 0.05) is 10.0 Å². The SMILES string of the molecule is COc1ccccc1[C@H](C)NC(=O)COc1cc(C)c(Br)c(C)c1. The highest BCUT2D eigenvalue weighted by molar-refractivity contribution is 9.10. The van der Waals surface area contributed by atoms with Crippen molar-refractivity contribution in [2.45, 2.75) is 26.8 Å². The van der Waals surface area contributed by atoms with Gasteiger partial charge in [0.2, 0.25) is 0 Å². The number of amides is 1. The Balaban J connectivity index is 1.96. The molecule has 2 aromatic rings. The van der Waals surface area contributed by atoms with Gasteiger partial charge in [-0.05, 0) is 50.1 Å². The largest absolute Gasteiger partial charge is 0.496 e. The van der Waals surface area contributed by atoms with Gasteiger partial charge in [0.05, 0.1) is 13.2 Å². The number of nitrogens with one attached hydrogen (secondary N) is 1. The van der Waals surface area contributed by atoms with Crippen LogP contribution in [0.25, 0.3) is 0 Å². The Labute approximate surface area is 151 Å². The van der Waals surface area contributed by atoms with E-state index in [1.54, 1.807) is 7.11 Å². The Morgan fingerprint density at radius 1 is 1.21 bits per heavy atom. The predicted molar refractivity (Wildman–Crippen MR) is 98.7 cm³/mol. The molecule has 0 aliphatic heterocycles. The van der Waals surface area contributed by atoms with Crippen LogP contribution >= 0.6 is 15.9 Å². The van der Waals surface area contributed by atoms with E-state index in [2.05, 4.69) is 21.2 Å². The Bertz CT molecular complexity index is 707. The number of hydrogen-bond acceptors (Lipinski definition) is 3. The van der Waals surface area contributed by atoms with Crippen LogP contribution < -0.4 is 14.8 Å². The molecule has 0 saturated heterocycles. The molecule has 24 heavy (non-hydrogen) atoms. The van der Waals surface area contributed by atoms with E-state index in [-0.39, 0.29) is 18.6 Å². The number of halogens is 1. The lowest BCUT2D eigenvalue weighted by molar-refractivity contribution is -0.123. The molecule has 0 aliphatic carbocycles. The molecule has 0 bridgehead atoms. The summed E-state index contributed by atoms with van der Waals surface area (Å²) < 4.78 is 12.0. The van der Waals surface area contributed by atoms with Gasteiger partial charge in [-0.15, -0.1) is 0 Å². The maximum absolute atomic E-state index is 12.2. The third-order valence-electron chi connectivity index (χ3n) is 3.76. The van der Waals surface area contributed by atoms with Crippen LogP contribution in [0.15, 0.2) is 40.9 Å². The van der Waals surface area contributed by atoms with E-state index >= 15 is 0 Å². The summed E-state index contributed by atoms with van der Waals surface area (Å²) in [6, 6.07) is 11.3. The van der Waals surface area contributed by atoms with Crippen molar-refractivity contribution in [2.75, 3.05) is 13.7 Å². The minimum absolute atomic E-state index is 0.0278. The lowest BCUT2D eigenvalue weighted by Crippen LogP contribution is -2.31. The Kier molecular flexibility index (Phi) is 6.26. The van der Waals surface area contributed by atoms with Gasteiger partial charge in [0.25, 0.3) is 5.91 Å². The summed E-state index contributed by atoms with van der Waals surface area (Å²) in [4.78, 5) is 12.2. The van der Waals surface area contributed by atoms with Crippen molar-refractivity contribution in [3.8, 4) is 11.5 Å². The Morgan fingerprint density at radius 3 is 2.46 bits per heavy atom. The number of hydrogen-bond donors (Lipinski definition) is 1. The first-order valence-electron chi connectivity index (χ1n) is 7.74. The summed E-state index contributed by atoms with van der Waals surface area (Å²) in [6.07, 6.45) is 0. The molecular formula is C19H22BrNO3. The van der Waals surface area contributed by atoms with E-state index in [9.17, 15) is 4.79 Å². The molecule has 0 unspecified atom stereocenters. The highest BCUT2D eigenvalue weighted by atomic mass is 79.9. The molecular weight excluding hydrogens is 370 g/mol. The van der Waals surface area contributed by atoms with Crippen molar-refractivity contribution >= 4 is 21.8 Å². The summed E-state index contributed by atoms with van der Waals surface area (Å²) in [5, 5.41) is 2.93. The van der Waals surface area contributed by atoms with Crippen LogP contribution in [0.1, 0.15) is 29.7 Å². The number of para-hydroxylation sites is 1. The second kappa shape index (κ2) is 8.20. The number of methoxy groups -OCH3 is 1. The summed E-state index contributed by atoms with van der Waals surface area (Å²) in [7, 11) is 1.62. The van der Waals surface area contributed by atoms with E-state index in [1.165, 1.54) is 0 Å². The first-order chi connectivity index (χ1) is 11.4. The molecule has 4 nitrogen and oxygen atoms in total. The first kappa shape index (κ1) is 18.3. The van der Waals surface area contributed by atoms with Gasteiger partial charge in [-0.3, -0.25) is 4.79 Å². The number of aryl methyl sites for hydroxylation is 2. The van der Waals surface area contributed by atoms with E-state index in [1.807, 2.05) is 57.2 Å². The summed E-state index contributed by atoms with van der Waals surface area (Å²) >= 11 is 3.52. The zero-order valence-electron chi connectivity index (χ0n) is 14.4. The molecule has 0 fully saturated rings. The minimum Gasteiger partial charge on any atom is -0.496 e. The van der Waals surface area contributed by atoms with Crippen LogP contribution in [-0.4, -0.2) is 19.6 Å². The fourth-order valence-corrected chi connectivity index (χ4v) is 2.75. The number of benzene rings is 2. The van der Waals surface area contributed by atoms with Crippen molar-refractivity contribution in [1.82, 2.24) is 5.32 Å². The van der Waals surface area contributed by atoms with Crippen molar-refractivity contribution < 1.29 is 14.3 Å². The normalized spacial score (nSPS) is 11.7. The van der Waals surface area contributed by atoms with Crippen LogP contribution in [0, 0.1) is 13.8 Å². The van der Waals surface area contributed by atoms with Gasteiger partial charge in [-0.1, -0.05) is 34.1 Å². The third kappa shape index (κ3) is 4.51. The number of rotatable bonds is 6. The lowest BCUT2D eigenvalue weighted by Gasteiger charge is -2.17. The fourth-order valence-electron chi connectivity index (χ4n) is 2.52. The van der Waals surface area contributed by atoms with Gasteiger partial charge in [-0.2, -0.15) is 0 Å². The second-order valence-electron chi connectivity index (χ2n) is 5.69. The van der Waals surface area contributed by atoms with Crippen LogP contribution in [0.5, 0.6) is 11.5 Å². The Hall–Kier alpha value is -2.01. The molecule has 0 radical (unpaired) electrons. The maximum Gasteiger partial charge on any atom is 0.258 e. The van der Waals surface area contributed by atoms with Gasteiger partial charge in [0.1, 0.15) is 11.5 Å². The fraction of sp³-hybridized carbons (Fsp3) is 0.316. The monoisotopic (exact) mass is 391 g/mol. The van der Waals surface area contributed by atoms with Crippen molar-refractivity contribution in [3.05, 3.63) is 57.6 Å². The average molecular weight is 392 g/mol. The highest BCUT2D eigenvalue weighted by Gasteiger charge is 2.14. The standard InChI is InChI=1S/C19H22BrNO3/c1-12-9-15(10-13(2)19(12)20)24-11-18(22)21-14(3)16-7-5-6-8-17(16)23-4/h5-10,14H,11H2,1-4H3,(H,21,22)/t14-/m0/s1. The molecule has 1 amide bonds. The lowest BCUT2D eigenvalue weighted by atomic mass is 10.1. The van der Waals surface area contributed by atoms with E-state index in [0.717, 1.165) is 26.9 Å². The van der Waals surface area contributed by atoms with Gasteiger partial charge in [-0.25, -0.2) is 0 Å². The average Bonchev–Trinajstić information content (AvgIpc) is 2.57. The molecule has 0 spiro atoms. The predicted octanol–water partition coefficient (Wildman–Crippen LogP) is 4.33. The van der Waals surface area contributed by atoms with Crippen LogP contribution in [0.3, 0.4) is 0 Å². The molecule has 1 N–H and O–H groups in total. The number of ether oxygens (including phenoxy) is 2. The van der Waals surface area contributed by atoms with Crippen LogP contribution in [0.2, 0.25) is 0 Å². The maximum atomic E-state index is 12.2. The molecule has 128 valence electrons. The summed E-state index contributed by atoms with van der Waals surface area (Å²) in [5.74, 6) is 1.27. The number of carbonyl (C=O) groups is 1. The van der Waals surface area contributed by atoms with E-state index < -0.39 is 0 Å². The Morgan fingerprint density at radius 2 is 1.83 bits per heavy atom. The molecule has 0 heterocycles. The number of carbonyl (C=O) groups excluding carboxylic acids is 1. The van der Waals surface area contributed by atoms with Crippen molar-refractivity contribution in [3.63, 3.8) is 0 Å². The molecule has 1 atom stereocenters. The van der Waals surface area contributed by atoms with Crippen molar-refractivity contribution in [2.24, 2.45) is 0 Å². The van der Waals surface area contributed by atoms with E-state index in [0.29, 0.717) is 5.75 Å². The van der Waals surface area contributed by atoms with Crippen LogP contribution in [0.4, 0.5) is 0 Å². The molecule has 0 aromatic heterocycles. The summed E-state index contributed by atoms with van der Waals surface area (Å²) in [5.41, 5.74) is 3.09. The zero-order chi connectivity index (χ0) is 17.7. The van der Waals surface area contributed by atoms with Crippen LogP contribution in [-0.2, 0) is 4.79 Å². The molecule has 2 aromatic carbocycles. The molecule has 0 saturated carbocycles. The summed E-state index contributed by atoms with van der Waals surface area (Å²) in [6.45, 7) is 5.88. The smallest absolute Gasteiger partial charge is 0.258 e. The topological polar surface area (TPSA) is 47.6 Å². The minimum atomic E-state index is -0.174. The van der Waals surface area contributed by atoms with Gasteiger partial charge >= 0.3 is 0 Å². The molecule has 2 rings (SSSR count). The second-order valence-corrected chi connectivity index (χ2v) is 6.48. The highest BCUT2D eigenvalue weighted by Crippen LogP contribution is 2.26. The quantitative estimate of drug-likeness (QED) is 0.796. The first-order valence-corrected chi connectivity index (χ1v) is 8.53. The van der Waals surface area contributed by atoms with Crippen molar-refractivity contribution in [1.29, 1.82) is 0 Å². The molecule has 5 heteroatoms. The van der Waals surface area contributed by atoms with E-state index in [4.69, 9.17) is 9.47 Å². The molecule has 0 aliphatic rings. The third-order valence-corrected chi connectivity index (χ3v) is 5.01. The van der Waals surface area contributed by atoms with Gasteiger partial charge in [0.15, 0.2) is 6.61 Å².